The van der Waals surface area contributed by atoms with Crippen molar-refractivity contribution in [2.75, 3.05) is 11.9 Å². The molecular weight excluding hydrogens is 561 g/mol. The number of benzene rings is 1. The molecule has 10 nitrogen and oxygen atoms in total. The molecule has 1 aromatic carbocycles. The van der Waals surface area contributed by atoms with Crippen LogP contribution in [0, 0.1) is 5.82 Å². The Morgan fingerprint density at radius 3 is 2.62 bits per heavy atom. The van der Waals surface area contributed by atoms with Gasteiger partial charge in [-0.3, -0.25) is 14.5 Å². The van der Waals surface area contributed by atoms with Gasteiger partial charge in [0.15, 0.2) is 0 Å². The van der Waals surface area contributed by atoms with Gasteiger partial charge in [0.05, 0.1) is 34.7 Å². The van der Waals surface area contributed by atoms with Crippen molar-refractivity contribution in [1.82, 2.24) is 30.4 Å². The number of carbonyl (C=O) groups excluding carboxylic acids is 2. The van der Waals surface area contributed by atoms with Crippen LogP contribution in [-0.2, 0) is 31.3 Å². The summed E-state index contributed by atoms with van der Waals surface area (Å²) in [7, 11) is 1.78. The number of nitrogens with zero attached hydrogens (tertiary/aromatic N) is 4. The summed E-state index contributed by atoms with van der Waals surface area (Å²) < 4.78 is 20.6. The Bertz CT molecular complexity index is 1570. The average molecular weight is 594 g/mol. The average Bonchev–Trinajstić information content (AvgIpc) is 3.36. The van der Waals surface area contributed by atoms with Crippen molar-refractivity contribution < 1.29 is 18.7 Å². The zero-order chi connectivity index (χ0) is 30.3. The van der Waals surface area contributed by atoms with E-state index in [-0.39, 0.29) is 29.5 Å². The van der Waals surface area contributed by atoms with E-state index in [1.165, 1.54) is 12.1 Å². The molecule has 0 unspecified atom stereocenters. The van der Waals surface area contributed by atoms with Crippen molar-refractivity contribution in [3.8, 4) is 11.3 Å². The number of ether oxygens (including phenoxy) is 1. The van der Waals surface area contributed by atoms with Gasteiger partial charge in [0.2, 0.25) is 0 Å². The van der Waals surface area contributed by atoms with E-state index >= 15 is 0 Å². The Balaban J connectivity index is 1.51. The highest BCUT2D eigenvalue weighted by Gasteiger charge is 2.20. The largest absolute Gasteiger partial charge is 0.444 e. The molecule has 0 aliphatic carbocycles. The van der Waals surface area contributed by atoms with Gasteiger partial charge in [0.25, 0.3) is 5.91 Å². The Morgan fingerprint density at radius 1 is 1.10 bits per heavy atom. The monoisotopic (exact) mass is 593 g/mol. The fourth-order valence-corrected chi connectivity index (χ4v) is 4.35. The van der Waals surface area contributed by atoms with Gasteiger partial charge in [0, 0.05) is 38.1 Å². The second-order valence-corrected chi connectivity index (χ2v) is 11.0. The summed E-state index contributed by atoms with van der Waals surface area (Å²) in [4.78, 5) is 34.6. The van der Waals surface area contributed by atoms with Crippen LogP contribution in [0.5, 0.6) is 0 Å². The van der Waals surface area contributed by atoms with Crippen LogP contribution in [0.15, 0.2) is 61.1 Å². The number of anilines is 1. The summed E-state index contributed by atoms with van der Waals surface area (Å²) in [5.41, 5.74) is 2.88. The van der Waals surface area contributed by atoms with Crippen LogP contribution in [-0.4, -0.2) is 43.9 Å². The highest BCUT2D eigenvalue weighted by Crippen LogP contribution is 2.30. The van der Waals surface area contributed by atoms with Crippen LogP contribution in [0.25, 0.3) is 11.3 Å². The fraction of sp³-hybridized carbons (Fsp3) is 0.300. The highest BCUT2D eigenvalue weighted by atomic mass is 35.5. The Labute approximate surface area is 248 Å². The topological polar surface area (TPSA) is 123 Å². The van der Waals surface area contributed by atoms with E-state index in [1.54, 1.807) is 69.3 Å². The number of carbonyl (C=O) groups is 2. The molecule has 0 saturated carbocycles. The van der Waals surface area contributed by atoms with Crippen LogP contribution in [0.3, 0.4) is 0 Å². The van der Waals surface area contributed by atoms with E-state index in [0.29, 0.717) is 41.3 Å². The molecule has 4 rings (SSSR count). The normalized spacial score (nSPS) is 11.2. The molecular formula is C30H33ClFN7O3. The second-order valence-electron chi connectivity index (χ2n) is 10.6. The van der Waals surface area contributed by atoms with Crippen molar-refractivity contribution in [1.29, 1.82) is 0 Å². The Kier molecular flexibility index (Phi) is 9.74. The predicted octanol–water partition coefficient (Wildman–Crippen LogP) is 5.28. The molecule has 0 spiro atoms. The third-order valence-electron chi connectivity index (χ3n) is 6.02. The quantitative estimate of drug-likeness (QED) is 0.229. The van der Waals surface area contributed by atoms with Gasteiger partial charge >= 0.3 is 6.09 Å². The number of pyridine rings is 2. The number of halogens is 2. The lowest BCUT2D eigenvalue weighted by atomic mass is 10.1. The van der Waals surface area contributed by atoms with E-state index in [1.807, 2.05) is 12.1 Å². The molecule has 0 fully saturated rings. The molecule has 0 aliphatic rings. The van der Waals surface area contributed by atoms with E-state index in [4.69, 9.17) is 16.3 Å². The van der Waals surface area contributed by atoms with Gasteiger partial charge in [-0.05, 0) is 62.6 Å². The molecule has 3 aromatic heterocycles. The number of aryl methyl sites for hydroxylation is 1. The van der Waals surface area contributed by atoms with Crippen LogP contribution < -0.4 is 16.0 Å². The first kappa shape index (κ1) is 30.4. The SMILES string of the molecule is Cn1cc(-c2nc(NCCc3cccc(F)c3)c(C(=O)NCc3cccnc3CNC(=O)OC(C)(C)C)cc2Cl)cn1. The molecule has 0 atom stereocenters. The molecule has 4 aromatic rings. The van der Waals surface area contributed by atoms with Gasteiger partial charge in [-0.25, -0.2) is 14.2 Å². The minimum Gasteiger partial charge on any atom is -0.444 e. The van der Waals surface area contributed by atoms with Crippen molar-refractivity contribution in [3.63, 3.8) is 0 Å². The fourth-order valence-electron chi connectivity index (χ4n) is 4.09. The molecule has 0 saturated heterocycles. The van der Waals surface area contributed by atoms with Gasteiger partial charge < -0.3 is 20.7 Å². The molecule has 3 heterocycles. The Morgan fingerprint density at radius 2 is 1.90 bits per heavy atom. The van der Waals surface area contributed by atoms with Gasteiger partial charge in [0.1, 0.15) is 17.2 Å². The second kappa shape index (κ2) is 13.4. The third kappa shape index (κ3) is 8.50. The molecule has 2 amide bonds. The molecule has 0 radical (unpaired) electrons. The number of nitrogens with one attached hydrogen (secondary N) is 3. The number of alkyl carbamates (subject to hydrolysis) is 1. The smallest absolute Gasteiger partial charge is 0.407 e. The van der Waals surface area contributed by atoms with Crippen LogP contribution in [0.2, 0.25) is 5.02 Å². The van der Waals surface area contributed by atoms with Crippen molar-refractivity contribution in [2.24, 2.45) is 7.05 Å². The molecule has 12 heteroatoms. The number of aromatic nitrogens is 4. The van der Waals surface area contributed by atoms with E-state index in [2.05, 4.69) is 31.0 Å². The molecule has 0 bridgehead atoms. The first-order valence-electron chi connectivity index (χ1n) is 13.3. The van der Waals surface area contributed by atoms with E-state index in [9.17, 15) is 14.0 Å². The minimum absolute atomic E-state index is 0.126. The predicted molar refractivity (Wildman–Crippen MR) is 159 cm³/mol. The molecule has 0 aliphatic heterocycles. The van der Waals surface area contributed by atoms with Gasteiger partial charge in [-0.15, -0.1) is 0 Å². The number of rotatable bonds is 10. The van der Waals surface area contributed by atoms with Crippen molar-refractivity contribution >= 4 is 29.4 Å². The first-order valence-corrected chi connectivity index (χ1v) is 13.7. The highest BCUT2D eigenvalue weighted by molar-refractivity contribution is 6.33. The lowest BCUT2D eigenvalue weighted by Crippen LogP contribution is -2.33. The Hall–Kier alpha value is -4.51. The maximum absolute atomic E-state index is 13.6. The van der Waals surface area contributed by atoms with Crippen molar-refractivity contribution in [2.45, 2.75) is 45.9 Å². The number of hydrogen-bond acceptors (Lipinski definition) is 7. The summed E-state index contributed by atoms with van der Waals surface area (Å²) in [5, 5.41) is 13.3. The van der Waals surface area contributed by atoms with Crippen molar-refractivity contribution in [3.05, 3.63) is 94.3 Å². The maximum atomic E-state index is 13.6. The minimum atomic E-state index is -0.629. The molecule has 42 heavy (non-hydrogen) atoms. The summed E-state index contributed by atoms with van der Waals surface area (Å²) in [6, 6.07) is 11.5. The summed E-state index contributed by atoms with van der Waals surface area (Å²) in [6.45, 7) is 6.01. The zero-order valence-electron chi connectivity index (χ0n) is 23.9. The standard InChI is InChI=1S/C30H33ClFN7O3/c1-30(2,3)42-29(41)36-17-25-20(8-6-11-33-25)15-35-28(40)23-14-24(31)26(21-16-37-39(4)18-21)38-27(23)34-12-10-19-7-5-9-22(32)13-19/h5-9,11,13-14,16,18H,10,12,15,17H2,1-4H3,(H,34,38)(H,35,40)(H,36,41). The number of amides is 2. The van der Waals surface area contributed by atoms with E-state index < -0.39 is 17.6 Å². The third-order valence-corrected chi connectivity index (χ3v) is 6.31. The van der Waals surface area contributed by atoms with Gasteiger partial charge in [-0.2, -0.15) is 5.10 Å². The zero-order valence-corrected chi connectivity index (χ0v) is 24.6. The summed E-state index contributed by atoms with van der Waals surface area (Å²) in [6.07, 6.45) is 4.97. The van der Waals surface area contributed by atoms with Crippen LogP contribution >= 0.6 is 11.6 Å². The molecule has 3 N–H and O–H groups in total. The lowest BCUT2D eigenvalue weighted by Gasteiger charge is -2.20. The van der Waals surface area contributed by atoms with Crippen LogP contribution in [0.1, 0.15) is 48.0 Å². The first-order chi connectivity index (χ1) is 20.0. The summed E-state index contributed by atoms with van der Waals surface area (Å²) in [5.74, 6) is -0.400. The number of hydrogen-bond donors (Lipinski definition) is 3. The van der Waals surface area contributed by atoms with Crippen LogP contribution in [0.4, 0.5) is 15.0 Å². The van der Waals surface area contributed by atoms with Gasteiger partial charge in [-0.1, -0.05) is 29.8 Å². The lowest BCUT2D eigenvalue weighted by molar-refractivity contribution is 0.0522. The summed E-state index contributed by atoms with van der Waals surface area (Å²) >= 11 is 6.58. The maximum Gasteiger partial charge on any atom is 0.407 e. The molecule has 220 valence electrons. The van der Waals surface area contributed by atoms with E-state index in [0.717, 1.165) is 5.56 Å².